The Hall–Kier alpha value is -4.57. The standard InChI is InChI=1S/C27H17ClF3N3O4/c1-38-22-12-11-20(32-22)16-9-10-17-21(13-16)34(33-24(17)14-5-7-15(8-6-14)26(36)37)25(35)23-18(27(29,30)31)3-2-4-19(23)28/h2-13,32H,1H3,(H,36,37). The van der Waals surface area contributed by atoms with Gasteiger partial charge in [0.05, 0.1) is 34.3 Å². The summed E-state index contributed by atoms with van der Waals surface area (Å²) in [5.41, 5.74) is 0.372. The molecule has 5 aromatic rings. The van der Waals surface area contributed by atoms with Crippen LogP contribution in [0, 0.1) is 0 Å². The molecule has 0 bridgehead atoms. The molecule has 11 heteroatoms. The minimum Gasteiger partial charge on any atom is -0.482 e. The smallest absolute Gasteiger partial charge is 0.417 e. The van der Waals surface area contributed by atoms with Crippen LogP contribution in [0.1, 0.15) is 26.3 Å². The van der Waals surface area contributed by atoms with E-state index in [1.54, 1.807) is 30.3 Å². The number of H-pyrrole nitrogens is 1. The predicted octanol–water partition coefficient (Wildman–Crippen LogP) is 6.77. The molecule has 0 aliphatic carbocycles. The van der Waals surface area contributed by atoms with Gasteiger partial charge in [0.2, 0.25) is 0 Å². The largest absolute Gasteiger partial charge is 0.482 e. The Morgan fingerprint density at radius 1 is 1.00 bits per heavy atom. The number of ether oxygens (including phenoxy) is 1. The Labute approximate surface area is 218 Å². The van der Waals surface area contributed by atoms with Gasteiger partial charge in [0, 0.05) is 28.3 Å². The van der Waals surface area contributed by atoms with E-state index in [0.717, 1.165) is 16.8 Å². The summed E-state index contributed by atoms with van der Waals surface area (Å²) in [4.78, 5) is 28.0. The molecule has 0 aliphatic rings. The van der Waals surface area contributed by atoms with E-state index in [-0.39, 0.29) is 21.8 Å². The summed E-state index contributed by atoms with van der Waals surface area (Å²) in [5, 5.41) is 13.7. The third-order valence-corrected chi connectivity index (χ3v) is 6.32. The highest BCUT2D eigenvalue weighted by atomic mass is 35.5. The van der Waals surface area contributed by atoms with Crippen molar-refractivity contribution >= 4 is 34.4 Å². The Morgan fingerprint density at radius 2 is 1.71 bits per heavy atom. The van der Waals surface area contributed by atoms with Gasteiger partial charge >= 0.3 is 12.1 Å². The fourth-order valence-corrected chi connectivity index (χ4v) is 4.42. The lowest BCUT2D eigenvalue weighted by Crippen LogP contribution is -2.20. The Bertz CT molecular complexity index is 1710. The lowest BCUT2D eigenvalue weighted by molar-refractivity contribution is -0.137. The maximum absolute atomic E-state index is 13.8. The molecule has 2 N–H and O–H groups in total. The second kappa shape index (κ2) is 9.38. The van der Waals surface area contributed by atoms with Crippen LogP contribution in [0.25, 0.3) is 33.4 Å². The van der Waals surface area contributed by atoms with E-state index in [1.807, 2.05) is 0 Å². The molecule has 2 heterocycles. The quantitative estimate of drug-likeness (QED) is 0.257. The molecule has 7 nitrogen and oxygen atoms in total. The Morgan fingerprint density at radius 3 is 2.34 bits per heavy atom. The number of methoxy groups -OCH3 is 1. The molecule has 0 amide bonds. The third kappa shape index (κ3) is 4.39. The molecule has 0 unspecified atom stereocenters. The molecule has 192 valence electrons. The zero-order chi connectivity index (χ0) is 27.2. The fourth-order valence-electron chi connectivity index (χ4n) is 4.17. The van der Waals surface area contributed by atoms with Crippen molar-refractivity contribution in [3.8, 4) is 28.4 Å². The zero-order valence-corrected chi connectivity index (χ0v) is 20.3. The fraction of sp³-hybridized carbons (Fsp3) is 0.0741. The van der Waals surface area contributed by atoms with Crippen LogP contribution in [0.2, 0.25) is 5.02 Å². The summed E-state index contributed by atoms with van der Waals surface area (Å²) in [6.07, 6.45) is -4.83. The molecule has 0 atom stereocenters. The number of nitrogens with one attached hydrogen (secondary N) is 1. The highest BCUT2D eigenvalue weighted by molar-refractivity contribution is 6.34. The number of hydrogen-bond acceptors (Lipinski definition) is 4. The van der Waals surface area contributed by atoms with E-state index in [4.69, 9.17) is 16.3 Å². The highest BCUT2D eigenvalue weighted by Crippen LogP contribution is 2.37. The van der Waals surface area contributed by atoms with Gasteiger partial charge in [-0.3, -0.25) is 4.79 Å². The van der Waals surface area contributed by atoms with E-state index in [1.165, 1.54) is 37.4 Å². The van der Waals surface area contributed by atoms with Crippen LogP contribution in [0.15, 0.2) is 72.8 Å². The molecule has 0 saturated heterocycles. The lowest BCUT2D eigenvalue weighted by atomic mass is 10.0. The average Bonchev–Trinajstić information content (AvgIpc) is 3.52. The summed E-state index contributed by atoms with van der Waals surface area (Å²) < 4.78 is 47.5. The van der Waals surface area contributed by atoms with Crippen molar-refractivity contribution in [3.63, 3.8) is 0 Å². The van der Waals surface area contributed by atoms with E-state index in [9.17, 15) is 27.9 Å². The SMILES string of the molecule is COc1ccc(-c2ccc3c(-c4ccc(C(=O)O)cc4)nn(C(=O)c4c(Cl)cccc4C(F)(F)F)c3c2)[nH]1. The van der Waals surface area contributed by atoms with E-state index in [2.05, 4.69) is 10.1 Å². The number of carboxylic acids is 1. The summed E-state index contributed by atoms with van der Waals surface area (Å²) in [5.74, 6) is -1.69. The van der Waals surface area contributed by atoms with Crippen molar-refractivity contribution < 1.29 is 32.6 Å². The minimum absolute atomic E-state index is 0.0439. The van der Waals surface area contributed by atoms with Crippen molar-refractivity contribution in [1.29, 1.82) is 0 Å². The highest BCUT2D eigenvalue weighted by Gasteiger charge is 2.37. The first kappa shape index (κ1) is 25.1. The second-order valence-corrected chi connectivity index (χ2v) is 8.69. The topological polar surface area (TPSA) is 97.2 Å². The normalized spacial score (nSPS) is 11.6. The molecule has 2 aromatic heterocycles. The first-order valence-corrected chi connectivity index (χ1v) is 11.5. The van der Waals surface area contributed by atoms with Crippen LogP contribution >= 0.6 is 11.6 Å². The number of carbonyl (C=O) groups is 2. The molecule has 38 heavy (non-hydrogen) atoms. The van der Waals surface area contributed by atoms with Gasteiger partial charge in [-0.05, 0) is 42.5 Å². The number of fused-ring (bicyclic) bond motifs is 1. The van der Waals surface area contributed by atoms with Gasteiger partial charge in [0.15, 0.2) is 5.88 Å². The van der Waals surface area contributed by atoms with Crippen molar-refractivity contribution in [2.24, 2.45) is 0 Å². The second-order valence-electron chi connectivity index (χ2n) is 8.28. The molecule has 0 aliphatic heterocycles. The van der Waals surface area contributed by atoms with Crippen molar-refractivity contribution in [2.45, 2.75) is 6.18 Å². The van der Waals surface area contributed by atoms with Gasteiger partial charge in [0.1, 0.15) is 5.69 Å². The van der Waals surface area contributed by atoms with Gasteiger partial charge in [0.25, 0.3) is 5.91 Å². The minimum atomic E-state index is -4.83. The molecule has 0 saturated carbocycles. The number of hydrogen-bond donors (Lipinski definition) is 2. The van der Waals surface area contributed by atoms with Gasteiger partial charge in [-0.2, -0.15) is 23.0 Å². The maximum atomic E-state index is 13.8. The van der Waals surface area contributed by atoms with E-state index < -0.39 is 29.2 Å². The van der Waals surface area contributed by atoms with E-state index >= 15 is 0 Å². The number of rotatable bonds is 5. The van der Waals surface area contributed by atoms with Gasteiger partial charge in [-0.1, -0.05) is 35.9 Å². The number of aromatic carboxylic acids is 1. The molecular weight excluding hydrogens is 523 g/mol. The van der Waals surface area contributed by atoms with Crippen molar-refractivity contribution in [1.82, 2.24) is 14.8 Å². The molecular formula is C27H17ClF3N3O4. The van der Waals surface area contributed by atoms with Crippen LogP contribution in [0.3, 0.4) is 0 Å². The van der Waals surface area contributed by atoms with Crippen LogP contribution < -0.4 is 4.74 Å². The molecule has 5 rings (SSSR count). The van der Waals surface area contributed by atoms with Gasteiger partial charge in [-0.25, -0.2) is 4.79 Å². The molecule has 3 aromatic carbocycles. The summed E-state index contributed by atoms with van der Waals surface area (Å²) >= 11 is 6.11. The van der Waals surface area contributed by atoms with Crippen LogP contribution in [0.5, 0.6) is 5.88 Å². The zero-order valence-electron chi connectivity index (χ0n) is 19.5. The number of aromatic amines is 1. The third-order valence-electron chi connectivity index (χ3n) is 6.00. The molecule has 0 fully saturated rings. The van der Waals surface area contributed by atoms with Crippen LogP contribution in [-0.2, 0) is 6.18 Å². The molecule has 0 spiro atoms. The number of carbonyl (C=O) groups excluding carboxylic acids is 1. The Kier molecular flexibility index (Phi) is 6.20. The number of nitrogens with zero attached hydrogens (tertiary/aromatic N) is 2. The number of benzene rings is 3. The lowest BCUT2D eigenvalue weighted by Gasteiger charge is -2.13. The van der Waals surface area contributed by atoms with Gasteiger partial charge < -0.3 is 14.8 Å². The monoisotopic (exact) mass is 539 g/mol. The number of aromatic nitrogens is 3. The predicted molar refractivity (Wildman–Crippen MR) is 135 cm³/mol. The maximum Gasteiger partial charge on any atom is 0.417 e. The number of carboxylic acid groups (broad SMARTS) is 1. The van der Waals surface area contributed by atoms with Crippen LogP contribution in [0.4, 0.5) is 13.2 Å². The van der Waals surface area contributed by atoms with Crippen LogP contribution in [-0.4, -0.2) is 38.9 Å². The van der Waals surface area contributed by atoms with Crippen molar-refractivity contribution in [3.05, 3.63) is 94.5 Å². The van der Waals surface area contributed by atoms with Crippen molar-refractivity contribution in [2.75, 3.05) is 7.11 Å². The Balaban J connectivity index is 1.75. The molecule has 0 radical (unpaired) electrons. The number of halogens is 4. The number of alkyl halides is 3. The first-order valence-electron chi connectivity index (χ1n) is 11.1. The summed E-state index contributed by atoms with van der Waals surface area (Å²) in [6, 6.07) is 17.4. The first-order chi connectivity index (χ1) is 18.1. The summed E-state index contributed by atoms with van der Waals surface area (Å²) in [7, 11) is 1.50. The van der Waals surface area contributed by atoms with Gasteiger partial charge in [-0.15, -0.1) is 0 Å². The van der Waals surface area contributed by atoms with E-state index in [0.29, 0.717) is 28.1 Å². The summed E-state index contributed by atoms with van der Waals surface area (Å²) in [6.45, 7) is 0. The average molecular weight is 540 g/mol.